The predicted molar refractivity (Wildman–Crippen MR) is 98.1 cm³/mol. The molecule has 25 heavy (non-hydrogen) atoms. The van der Waals surface area contributed by atoms with Crippen LogP contribution in [0.2, 0.25) is 0 Å². The van der Waals surface area contributed by atoms with Crippen molar-refractivity contribution in [1.82, 2.24) is 0 Å². The number of benzene rings is 2. The molecule has 4 nitrogen and oxygen atoms in total. The number of carbonyl (C=O) groups is 2. The molecule has 5 heteroatoms. The van der Waals surface area contributed by atoms with Crippen LogP contribution in [-0.2, 0) is 9.59 Å². The summed E-state index contributed by atoms with van der Waals surface area (Å²) < 4.78 is 13.3. The maximum Gasteiger partial charge on any atom is 0.239 e. The Kier molecular flexibility index (Phi) is 5.26. The van der Waals surface area contributed by atoms with Crippen LogP contribution < -0.4 is 10.6 Å². The molecule has 0 aliphatic rings. The van der Waals surface area contributed by atoms with Crippen LogP contribution in [0.25, 0.3) is 0 Å². The SMILES string of the molecule is Cc1cc(C)c(NC(=O)C(C)(C)C(=O)Nc2cccc(F)c2)c(C)c1. The molecule has 2 aromatic rings. The van der Waals surface area contributed by atoms with Gasteiger partial charge in [0.2, 0.25) is 11.8 Å². The van der Waals surface area contributed by atoms with E-state index < -0.39 is 23.0 Å². The van der Waals surface area contributed by atoms with Crippen molar-refractivity contribution < 1.29 is 14.0 Å². The largest absolute Gasteiger partial charge is 0.325 e. The summed E-state index contributed by atoms with van der Waals surface area (Å²) in [7, 11) is 0. The smallest absolute Gasteiger partial charge is 0.239 e. The highest BCUT2D eigenvalue weighted by Crippen LogP contribution is 2.26. The lowest BCUT2D eigenvalue weighted by atomic mass is 9.90. The fraction of sp³-hybridized carbons (Fsp3) is 0.300. The molecule has 0 spiro atoms. The van der Waals surface area contributed by atoms with E-state index in [1.54, 1.807) is 6.07 Å². The Labute approximate surface area is 147 Å². The van der Waals surface area contributed by atoms with Gasteiger partial charge in [0.25, 0.3) is 0 Å². The summed E-state index contributed by atoms with van der Waals surface area (Å²) in [5.41, 5.74) is 2.68. The van der Waals surface area contributed by atoms with Crippen molar-refractivity contribution >= 4 is 23.2 Å². The van der Waals surface area contributed by atoms with Gasteiger partial charge in [0.1, 0.15) is 11.2 Å². The summed E-state index contributed by atoms with van der Waals surface area (Å²) in [4.78, 5) is 25.2. The highest BCUT2D eigenvalue weighted by Gasteiger charge is 2.36. The van der Waals surface area contributed by atoms with Crippen molar-refractivity contribution in [1.29, 1.82) is 0 Å². The van der Waals surface area contributed by atoms with Crippen LogP contribution in [0.3, 0.4) is 0 Å². The number of anilines is 2. The third kappa shape index (κ3) is 4.24. The normalized spacial score (nSPS) is 11.1. The number of hydrogen-bond acceptors (Lipinski definition) is 2. The van der Waals surface area contributed by atoms with E-state index in [-0.39, 0.29) is 0 Å². The van der Waals surface area contributed by atoms with E-state index in [9.17, 15) is 14.0 Å². The van der Waals surface area contributed by atoms with Crippen LogP contribution in [0, 0.1) is 32.0 Å². The highest BCUT2D eigenvalue weighted by atomic mass is 19.1. The van der Waals surface area contributed by atoms with Crippen LogP contribution in [-0.4, -0.2) is 11.8 Å². The van der Waals surface area contributed by atoms with Crippen LogP contribution in [0.5, 0.6) is 0 Å². The van der Waals surface area contributed by atoms with E-state index >= 15 is 0 Å². The lowest BCUT2D eigenvalue weighted by molar-refractivity contribution is -0.135. The minimum absolute atomic E-state index is 0.313. The molecule has 2 rings (SSSR count). The molecule has 0 atom stereocenters. The number of nitrogens with one attached hydrogen (secondary N) is 2. The molecule has 0 saturated carbocycles. The Hall–Kier alpha value is -2.69. The second kappa shape index (κ2) is 7.05. The van der Waals surface area contributed by atoms with E-state index in [0.717, 1.165) is 16.7 Å². The topological polar surface area (TPSA) is 58.2 Å². The van der Waals surface area contributed by atoms with Crippen LogP contribution in [0.1, 0.15) is 30.5 Å². The van der Waals surface area contributed by atoms with Gasteiger partial charge >= 0.3 is 0 Å². The summed E-state index contributed by atoms with van der Waals surface area (Å²) in [6.45, 7) is 8.89. The molecule has 0 aliphatic heterocycles. The Morgan fingerprint density at radius 2 is 1.48 bits per heavy atom. The van der Waals surface area contributed by atoms with E-state index in [1.807, 2.05) is 32.9 Å². The zero-order chi connectivity index (χ0) is 18.8. The van der Waals surface area contributed by atoms with Gasteiger partial charge in [0, 0.05) is 11.4 Å². The van der Waals surface area contributed by atoms with Crippen LogP contribution in [0.4, 0.5) is 15.8 Å². The maximum atomic E-state index is 13.3. The van der Waals surface area contributed by atoms with E-state index in [1.165, 1.54) is 32.0 Å². The summed E-state index contributed by atoms with van der Waals surface area (Å²) in [5, 5.41) is 5.44. The molecule has 0 bridgehead atoms. The zero-order valence-electron chi connectivity index (χ0n) is 15.2. The standard InChI is InChI=1S/C20H23FN2O2/c1-12-9-13(2)17(14(3)10-12)23-19(25)20(4,5)18(24)22-16-8-6-7-15(21)11-16/h6-11H,1-5H3,(H,22,24)(H,23,25). The van der Waals surface area contributed by atoms with Gasteiger partial charge in [-0.2, -0.15) is 0 Å². The molecule has 0 heterocycles. The lowest BCUT2D eigenvalue weighted by Gasteiger charge is -2.24. The minimum atomic E-state index is -1.32. The van der Waals surface area contributed by atoms with Crippen molar-refractivity contribution in [2.75, 3.05) is 10.6 Å². The molecular formula is C20H23FN2O2. The Morgan fingerprint density at radius 1 is 0.920 bits per heavy atom. The van der Waals surface area contributed by atoms with E-state index in [2.05, 4.69) is 10.6 Å². The molecule has 0 aromatic heterocycles. The van der Waals surface area contributed by atoms with Crippen molar-refractivity contribution in [2.45, 2.75) is 34.6 Å². The first-order chi connectivity index (χ1) is 11.6. The van der Waals surface area contributed by atoms with Crippen molar-refractivity contribution in [3.63, 3.8) is 0 Å². The molecule has 2 amide bonds. The number of amides is 2. The third-order valence-corrected chi connectivity index (χ3v) is 4.13. The van der Waals surface area contributed by atoms with E-state index in [4.69, 9.17) is 0 Å². The number of hydrogen-bond donors (Lipinski definition) is 2. The van der Waals surface area contributed by atoms with Gasteiger partial charge in [-0.15, -0.1) is 0 Å². The van der Waals surface area contributed by atoms with Gasteiger partial charge in [-0.3, -0.25) is 9.59 Å². The minimum Gasteiger partial charge on any atom is -0.325 e. The Balaban J connectivity index is 2.18. The molecule has 0 aliphatic carbocycles. The molecular weight excluding hydrogens is 319 g/mol. The average molecular weight is 342 g/mol. The second-order valence-corrected chi connectivity index (χ2v) is 6.82. The summed E-state index contributed by atoms with van der Waals surface area (Å²) in [5.74, 6) is -1.37. The molecule has 0 fully saturated rings. The van der Waals surface area contributed by atoms with Gasteiger partial charge in [0.05, 0.1) is 0 Å². The monoisotopic (exact) mass is 342 g/mol. The van der Waals surface area contributed by atoms with Gasteiger partial charge in [-0.05, 0) is 63.9 Å². The average Bonchev–Trinajstić information content (AvgIpc) is 2.50. The Bertz CT molecular complexity index is 805. The molecule has 0 saturated heterocycles. The third-order valence-electron chi connectivity index (χ3n) is 4.13. The molecule has 0 radical (unpaired) electrons. The zero-order valence-corrected chi connectivity index (χ0v) is 15.2. The number of rotatable bonds is 4. The van der Waals surface area contributed by atoms with Crippen molar-refractivity contribution in [3.8, 4) is 0 Å². The second-order valence-electron chi connectivity index (χ2n) is 6.82. The van der Waals surface area contributed by atoms with Crippen LogP contribution in [0.15, 0.2) is 36.4 Å². The first-order valence-corrected chi connectivity index (χ1v) is 8.07. The molecule has 132 valence electrons. The summed E-state index contributed by atoms with van der Waals surface area (Å²) in [6, 6.07) is 9.52. The Morgan fingerprint density at radius 3 is 2.04 bits per heavy atom. The number of aryl methyl sites for hydroxylation is 3. The highest BCUT2D eigenvalue weighted by molar-refractivity contribution is 6.14. The van der Waals surface area contributed by atoms with Gasteiger partial charge < -0.3 is 10.6 Å². The molecule has 2 aromatic carbocycles. The van der Waals surface area contributed by atoms with Crippen LogP contribution >= 0.6 is 0 Å². The fourth-order valence-electron chi connectivity index (χ4n) is 2.60. The van der Waals surface area contributed by atoms with Gasteiger partial charge in [0.15, 0.2) is 0 Å². The molecule has 2 N–H and O–H groups in total. The lowest BCUT2D eigenvalue weighted by Crippen LogP contribution is -2.41. The fourth-order valence-corrected chi connectivity index (χ4v) is 2.60. The number of halogens is 1. The first-order valence-electron chi connectivity index (χ1n) is 8.07. The quantitative estimate of drug-likeness (QED) is 0.811. The first kappa shape index (κ1) is 18.6. The predicted octanol–water partition coefficient (Wildman–Crippen LogP) is 4.35. The van der Waals surface area contributed by atoms with Gasteiger partial charge in [-0.1, -0.05) is 23.8 Å². The maximum absolute atomic E-state index is 13.3. The number of carbonyl (C=O) groups excluding carboxylic acids is 2. The summed E-state index contributed by atoms with van der Waals surface area (Å²) >= 11 is 0. The summed E-state index contributed by atoms with van der Waals surface area (Å²) in [6.07, 6.45) is 0. The van der Waals surface area contributed by atoms with Crippen molar-refractivity contribution in [3.05, 3.63) is 58.9 Å². The molecule has 0 unspecified atom stereocenters. The van der Waals surface area contributed by atoms with E-state index in [0.29, 0.717) is 11.4 Å². The van der Waals surface area contributed by atoms with Crippen molar-refractivity contribution in [2.24, 2.45) is 5.41 Å². The van der Waals surface area contributed by atoms with Gasteiger partial charge in [-0.25, -0.2) is 4.39 Å².